The standard InChI is InChI=1S/C86H64N4OSi2/c1-62-29-25-49-77(64-30-26-46-75(56-64)92(69-34-9-3-10-35-69,70-36-11-4-12-37-70)71-38-13-5-14-39-71)86(62)89-61-88(82-51-23-24-52-83(82)89)66-32-28-33-67(58-66)91-68-53-54-79-78-48-21-22-50-81(78)90(84(79)59-68)85-55-63(2)80(60-87-85)65-31-27-47-76(57-65)93(72-40-15-6-16-41-72,73-42-17-7-18-43-73)74-44-19-8-20-45-74/h3-60H,1-2H3/i1D3,2D3,3D,4D,5D,6D,7D,8D,9D,10D,11D,12D,13D,14D,15D,16D,17D,18D,19D,20D,26D,27D,30D,31D,34D,35D,36D,37D,38D,39D,40D,41D,42D,43D,44D,45D,46D,47D,56D,57D. The summed E-state index contributed by atoms with van der Waals surface area (Å²) >= 11 is 0. The normalized spacial score (nSPS) is 18.7. The Morgan fingerprint density at radius 3 is 1.45 bits per heavy atom. The summed E-state index contributed by atoms with van der Waals surface area (Å²) in [4.78, 5) is 4.77. The molecule has 93 heavy (non-hydrogen) atoms. The second-order valence-corrected chi connectivity index (χ2v) is 27.7. The fraction of sp³-hybridized carbons (Fsp3) is 0.0233. The van der Waals surface area contributed by atoms with Crippen molar-refractivity contribution in [3.05, 3.63) is 369 Å². The molecular weight excluding hydrogens is 1160 g/mol. The van der Waals surface area contributed by atoms with E-state index in [1.807, 2.05) is 0 Å². The number of para-hydroxylation sites is 4. The van der Waals surface area contributed by atoms with Crippen LogP contribution in [0.3, 0.4) is 0 Å². The third-order valence-corrected chi connectivity index (χ3v) is 23.7. The number of imidazole rings is 1. The molecule has 0 aliphatic carbocycles. The zero-order chi connectivity index (χ0) is 100. The SMILES string of the molecule is [2H]c1c([2H])c([2H])c([Si](c2c([2H])c([2H])c([2H])c([2H])c2[2H])(c2c([2H])c([2H])c([2H])c([2H])c2[2H])c2c([2H])c([2H])c([2H])c(-c3cnc(-n4c5ccccc5c5ccc(Oc6cccc(-n7[c-][n+](-c8c(-c9c([2H])c([2H])c([2H])c([Si](c%10c([2H])c([2H])c([2H])c([2H])c%10[2H])(c%10c([2H])c([2H])c([2H])c([2H])c%10[2H])c%10c([2H])c([2H])c([2H])c([2H])c%10[2H])c9[2H])cccc8C([2H])([2H])[2H])c8ccccc87)c6)cc54)cc3C([2H])([2H])[2H])c2[2H])c([2H])c1[2H]. The maximum Gasteiger partial charge on any atom is 0.269 e. The van der Waals surface area contributed by atoms with E-state index in [2.05, 4.69) is 6.33 Å². The smallest absolute Gasteiger partial charge is 0.269 e. The van der Waals surface area contributed by atoms with Crippen molar-refractivity contribution in [1.29, 1.82) is 0 Å². The van der Waals surface area contributed by atoms with Crippen molar-refractivity contribution in [2.24, 2.45) is 0 Å². The highest BCUT2D eigenvalue weighted by atomic mass is 28.3. The average molecular weight is 1270 g/mol. The van der Waals surface area contributed by atoms with Gasteiger partial charge in [-0.15, -0.1) is 0 Å². The van der Waals surface area contributed by atoms with Gasteiger partial charge in [0, 0.05) is 36.8 Å². The van der Waals surface area contributed by atoms with Crippen molar-refractivity contribution < 1.29 is 69.6 Å². The van der Waals surface area contributed by atoms with Crippen molar-refractivity contribution in [3.63, 3.8) is 0 Å². The van der Waals surface area contributed by atoms with E-state index in [4.69, 9.17) is 38.5 Å². The molecule has 13 aromatic carbocycles. The lowest BCUT2D eigenvalue weighted by Crippen LogP contribution is -2.74. The fourth-order valence-corrected chi connectivity index (χ4v) is 18.8. The first-order valence-electron chi connectivity index (χ1n) is 50.2. The molecule has 0 spiro atoms. The predicted molar refractivity (Wildman–Crippen MR) is 390 cm³/mol. The van der Waals surface area contributed by atoms with Crippen LogP contribution in [-0.2, 0) is 0 Å². The Labute approximate surface area is 606 Å². The first-order chi connectivity index (χ1) is 64.1. The van der Waals surface area contributed by atoms with Crippen LogP contribution >= 0.6 is 0 Å². The molecule has 442 valence electrons. The Kier molecular flexibility index (Phi) is 6.92. The molecule has 3 aromatic heterocycles. The Balaban J connectivity index is 0.882. The van der Waals surface area contributed by atoms with E-state index >= 15 is 0 Å². The van der Waals surface area contributed by atoms with Gasteiger partial charge in [-0.05, 0) is 125 Å². The summed E-state index contributed by atoms with van der Waals surface area (Å²) in [6, 6.07) is -16.9. The molecule has 0 aliphatic rings. The molecule has 0 saturated heterocycles. The molecule has 5 nitrogen and oxygen atoms in total. The Bertz CT molecular complexity index is 7540. The van der Waals surface area contributed by atoms with Crippen LogP contribution in [0.25, 0.3) is 72.3 Å². The quantitative estimate of drug-likeness (QED) is 0.0444. The summed E-state index contributed by atoms with van der Waals surface area (Å²) < 4.78 is 423. The molecule has 0 radical (unpaired) electrons. The van der Waals surface area contributed by atoms with Crippen LogP contribution in [0, 0.1) is 20.0 Å². The topological polar surface area (TPSA) is 35.9 Å². The van der Waals surface area contributed by atoms with Crippen LogP contribution in [0.4, 0.5) is 0 Å². The van der Waals surface area contributed by atoms with Gasteiger partial charge in [0.1, 0.15) is 17.3 Å². The molecule has 7 heteroatoms. The summed E-state index contributed by atoms with van der Waals surface area (Å²) in [5.41, 5.74) is -3.41. The number of pyridine rings is 1. The number of fused-ring (bicyclic) bond motifs is 4. The predicted octanol–water partition coefficient (Wildman–Crippen LogP) is 14.7. The molecule has 0 atom stereocenters. The van der Waals surface area contributed by atoms with Gasteiger partial charge in [-0.25, -0.2) is 4.98 Å². The Morgan fingerprint density at radius 1 is 0.409 bits per heavy atom. The van der Waals surface area contributed by atoms with Crippen LogP contribution < -0.4 is 50.8 Å². The monoisotopic (exact) mass is 1270 g/mol. The highest BCUT2D eigenvalue weighted by Gasteiger charge is 2.43. The van der Waals surface area contributed by atoms with E-state index < -0.39 is 340 Å². The van der Waals surface area contributed by atoms with Crippen molar-refractivity contribution in [3.8, 4) is 50.9 Å². The summed E-state index contributed by atoms with van der Waals surface area (Å²) in [6.45, 7) is -6.57. The lowest BCUT2D eigenvalue weighted by molar-refractivity contribution is -0.572. The van der Waals surface area contributed by atoms with E-state index in [0.717, 1.165) is 18.3 Å². The highest BCUT2D eigenvalue weighted by molar-refractivity contribution is 7.20. The zero-order valence-corrected chi connectivity index (χ0v) is 49.7. The molecule has 0 bridgehead atoms. The van der Waals surface area contributed by atoms with E-state index in [1.54, 1.807) is 78.9 Å². The molecule has 3 heterocycles. The molecule has 0 fully saturated rings. The summed E-state index contributed by atoms with van der Waals surface area (Å²) in [5.74, 6) is -0.0438. The third-order valence-electron chi connectivity index (χ3n) is 15.7. The maximum atomic E-state index is 10.7. The van der Waals surface area contributed by atoms with Gasteiger partial charge in [-0.3, -0.25) is 13.7 Å². The number of rotatable bonds is 15. The number of ether oxygens (including phenoxy) is 1. The van der Waals surface area contributed by atoms with Gasteiger partial charge < -0.3 is 4.74 Å². The van der Waals surface area contributed by atoms with Gasteiger partial charge in [0.05, 0.1) is 85.5 Å². The van der Waals surface area contributed by atoms with Crippen LogP contribution in [0.5, 0.6) is 11.5 Å². The number of aromatic nitrogens is 4. The van der Waals surface area contributed by atoms with Crippen molar-refractivity contribution in [2.75, 3.05) is 0 Å². The Morgan fingerprint density at radius 2 is 0.892 bits per heavy atom. The van der Waals surface area contributed by atoms with Crippen LogP contribution in [0.15, 0.2) is 351 Å². The lowest BCUT2D eigenvalue weighted by atomic mass is 10.00. The fourth-order valence-electron chi connectivity index (χ4n) is 11.7. The minimum atomic E-state index is -6.42. The third kappa shape index (κ3) is 9.85. The van der Waals surface area contributed by atoms with Gasteiger partial charge in [-0.2, -0.15) is 0 Å². The zero-order valence-electron chi connectivity index (χ0n) is 91.7. The van der Waals surface area contributed by atoms with Crippen molar-refractivity contribution in [1.82, 2.24) is 14.1 Å². The van der Waals surface area contributed by atoms with Crippen molar-refractivity contribution >= 4 is 90.5 Å². The largest absolute Gasteiger partial charge is 0.458 e. The number of hydrogen-bond donors (Lipinski definition) is 0. The molecule has 0 unspecified atom stereocenters. The van der Waals surface area contributed by atoms with Gasteiger partial charge >= 0.3 is 0 Å². The number of aryl methyl sites for hydroxylation is 2. The van der Waals surface area contributed by atoms with Gasteiger partial charge in [0.2, 0.25) is 0 Å². The van der Waals surface area contributed by atoms with Crippen molar-refractivity contribution in [2.45, 2.75) is 13.7 Å². The minimum Gasteiger partial charge on any atom is -0.458 e. The van der Waals surface area contributed by atoms with Crippen LogP contribution in [0.2, 0.25) is 0 Å². The lowest BCUT2D eigenvalue weighted by Gasteiger charge is -2.34. The number of nitrogens with zero attached hydrogens (tertiary/aromatic N) is 4. The van der Waals surface area contributed by atoms with Gasteiger partial charge in [0.25, 0.3) is 6.33 Å². The van der Waals surface area contributed by atoms with E-state index in [0.29, 0.717) is 16.3 Å². The van der Waals surface area contributed by atoms with Gasteiger partial charge in [-0.1, -0.05) is 296 Å². The molecular formula is C86H64N4OSi2. The molecule has 16 rings (SSSR count). The summed E-state index contributed by atoms with van der Waals surface area (Å²) in [6.07, 6.45) is 4.10. The van der Waals surface area contributed by atoms with Gasteiger partial charge in [0.15, 0.2) is 16.1 Å². The summed E-state index contributed by atoms with van der Waals surface area (Å²) in [5, 5.41) is -7.96. The van der Waals surface area contributed by atoms with Crippen LogP contribution in [0.1, 0.15) is 71.4 Å². The van der Waals surface area contributed by atoms with E-state index in [1.165, 1.54) is 38.0 Å². The second kappa shape index (κ2) is 24.0. The molecule has 0 amide bonds. The van der Waals surface area contributed by atoms with Crippen LogP contribution in [-0.4, -0.2) is 30.3 Å². The highest BCUT2D eigenvalue weighted by Crippen LogP contribution is 2.37. The maximum absolute atomic E-state index is 10.7. The first kappa shape index (κ1) is 26.8. The number of hydrogen-bond acceptors (Lipinski definition) is 2. The van der Waals surface area contributed by atoms with E-state index in [-0.39, 0.29) is 39.6 Å². The summed E-state index contributed by atoms with van der Waals surface area (Å²) in [7, 11) is -12.8. The van der Waals surface area contributed by atoms with E-state index in [9.17, 15) is 31.5 Å². The minimum absolute atomic E-state index is 0.0766. The molecule has 16 aromatic rings. The molecule has 0 saturated carbocycles. The molecule has 0 N–H and O–H groups in total. The average Bonchev–Trinajstić information content (AvgIpc) is 1.56. The Hall–Kier alpha value is -11.5. The first-order valence-corrected chi connectivity index (χ1v) is 32.2. The number of benzene rings is 13. The second-order valence-electron chi connectivity index (χ2n) is 20.7. The molecule has 0 aliphatic heterocycles.